The van der Waals surface area contributed by atoms with Gasteiger partial charge in [-0.1, -0.05) is 0 Å². The Kier molecular flexibility index (Phi) is 8.68. The zero-order valence-corrected chi connectivity index (χ0v) is 19.4. The molecule has 6 nitrogen and oxygen atoms in total. The van der Waals surface area contributed by atoms with Gasteiger partial charge in [0.15, 0.2) is 5.60 Å². The standard InChI is InChI=1S/C14H13F2I3O6/c1-13(25-6-23-2,14(15,16)12(21)22)5-24-11(20)8-3-7(17)4-9(18)10(8)19/h3-4H,5-6H2,1-2H3,(H,21,22)/p-1. The molecule has 0 aliphatic rings. The van der Waals surface area contributed by atoms with Crippen molar-refractivity contribution < 1.29 is 37.7 Å². The summed E-state index contributed by atoms with van der Waals surface area (Å²) in [5.41, 5.74) is -2.47. The number of hydrogen-bond donors (Lipinski definition) is 0. The van der Waals surface area contributed by atoms with Crippen molar-refractivity contribution in [3.8, 4) is 0 Å². The SMILES string of the molecule is COCOC(C)(COC(=O)c1cc(I)cc(I)c1I)C(F)(F)C(=O)[O-]. The number of alkyl halides is 2. The van der Waals surface area contributed by atoms with E-state index in [0.717, 1.165) is 14.1 Å². The van der Waals surface area contributed by atoms with Crippen LogP contribution in [0.25, 0.3) is 0 Å². The van der Waals surface area contributed by atoms with Crippen molar-refractivity contribution in [3.63, 3.8) is 0 Å². The third-order valence-electron chi connectivity index (χ3n) is 3.11. The molecule has 0 saturated heterocycles. The number of aliphatic carboxylic acids is 1. The lowest BCUT2D eigenvalue weighted by Gasteiger charge is -2.36. The Morgan fingerprint density at radius 2 is 1.84 bits per heavy atom. The molecule has 0 amide bonds. The topological polar surface area (TPSA) is 84.9 Å². The van der Waals surface area contributed by atoms with Crippen molar-refractivity contribution in [2.24, 2.45) is 0 Å². The smallest absolute Gasteiger partial charge is 0.339 e. The number of hydrogen-bond acceptors (Lipinski definition) is 6. The van der Waals surface area contributed by atoms with Gasteiger partial charge >= 0.3 is 11.9 Å². The molecule has 1 atom stereocenters. The Labute approximate surface area is 183 Å². The summed E-state index contributed by atoms with van der Waals surface area (Å²) in [6.45, 7) is -0.817. The normalized spacial score (nSPS) is 14.0. The second-order valence-electron chi connectivity index (χ2n) is 4.97. The molecule has 0 aliphatic carbocycles. The second kappa shape index (κ2) is 9.36. The molecule has 0 heterocycles. The highest BCUT2D eigenvalue weighted by molar-refractivity contribution is 14.1. The summed E-state index contributed by atoms with van der Waals surface area (Å²) in [6, 6.07) is 3.37. The molecule has 1 aromatic carbocycles. The van der Waals surface area contributed by atoms with Crippen LogP contribution in [-0.4, -0.2) is 44.0 Å². The summed E-state index contributed by atoms with van der Waals surface area (Å²) < 4.78 is 44.3. The largest absolute Gasteiger partial charge is 0.544 e. The minimum atomic E-state index is -4.40. The molecular weight excluding hydrogens is 683 g/mol. The van der Waals surface area contributed by atoms with Gasteiger partial charge in [0.05, 0.1) is 5.56 Å². The highest BCUT2D eigenvalue weighted by Crippen LogP contribution is 2.33. The monoisotopic (exact) mass is 695 g/mol. The Morgan fingerprint density at radius 3 is 2.36 bits per heavy atom. The van der Waals surface area contributed by atoms with E-state index < -0.39 is 36.9 Å². The van der Waals surface area contributed by atoms with Gasteiger partial charge in [-0.3, -0.25) is 0 Å². The molecule has 0 aliphatic heterocycles. The van der Waals surface area contributed by atoms with Crippen LogP contribution in [-0.2, 0) is 19.0 Å². The summed E-state index contributed by atoms with van der Waals surface area (Å²) in [4.78, 5) is 23.0. The fraction of sp³-hybridized carbons (Fsp3) is 0.429. The van der Waals surface area contributed by atoms with Crippen LogP contribution >= 0.6 is 67.8 Å². The van der Waals surface area contributed by atoms with Crippen molar-refractivity contribution in [3.05, 3.63) is 28.4 Å². The van der Waals surface area contributed by atoms with Gasteiger partial charge in [0.2, 0.25) is 0 Å². The molecule has 0 N–H and O–H groups in total. The summed E-state index contributed by atoms with van der Waals surface area (Å²) in [5.74, 6) is -7.92. The summed E-state index contributed by atoms with van der Waals surface area (Å²) in [6.07, 6.45) is 0. The van der Waals surface area contributed by atoms with Crippen molar-refractivity contribution in [1.29, 1.82) is 0 Å². The van der Waals surface area contributed by atoms with E-state index in [1.54, 1.807) is 0 Å². The second-order valence-corrected chi connectivity index (χ2v) is 8.46. The van der Waals surface area contributed by atoms with Gasteiger partial charge in [-0.15, -0.1) is 0 Å². The third-order valence-corrected chi connectivity index (χ3v) is 6.78. The van der Waals surface area contributed by atoms with Crippen molar-refractivity contribution in [2.75, 3.05) is 20.5 Å². The van der Waals surface area contributed by atoms with Crippen LogP contribution in [0.2, 0.25) is 0 Å². The average Bonchev–Trinajstić information content (AvgIpc) is 2.53. The molecule has 0 aromatic heterocycles. The van der Waals surface area contributed by atoms with Crippen LogP contribution in [0.5, 0.6) is 0 Å². The van der Waals surface area contributed by atoms with Gasteiger partial charge in [0.25, 0.3) is 0 Å². The third kappa shape index (κ3) is 5.55. The first kappa shape index (κ1) is 23.2. The molecule has 11 heteroatoms. The number of ether oxygens (including phenoxy) is 3. The molecule has 25 heavy (non-hydrogen) atoms. The highest BCUT2D eigenvalue weighted by Gasteiger charge is 2.54. The molecular formula is C14H12F2I3O6-. The zero-order chi connectivity index (χ0) is 19.4. The fourth-order valence-corrected chi connectivity index (χ4v) is 3.99. The fourth-order valence-electron chi connectivity index (χ4n) is 1.61. The van der Waals surface area contributed by atoms with Crippen molar-refractivity contribution >= 4 is 79.7 Å². The van der Waals surface area contributed by atoms with Crippen molar-refractivity contribution in [1.82, 2.24) is 0 Å². The lowest BCUT2D eigenvalue weighted by atomic mass is 9.99. The van der Waals surface area contributed by atoms with Crippen LogP contribution in [0.4, 0.5) is 8.78 Å². The Morgan fingerprint density at radius 1 is 1.24 bits per heavy atom. The van der Waals surface area contributed by atoms with Crippen molar-refractivity contribution in [2.45, 2.75) is 18.4 Å². The molecule has 0 bridgehead atoms. The highest BCUT2D eigenvalue weighted by atomic mass is 127. The number of methoxy groups -OCH3 is 1. The first-order valence-corrected chi connectivity index (χ1v) is 9.73. The minimum absolute atomic E-state index is 0.183. The first-order chi connectivity index (χ1) is 11.5. The maximum Gasteiger partial charge on any atom is 0.339 e. The summed E-state index contributed by atoms with van der Waals surface area (Å²) in [7, 11) is 1.18. The molecule has 1 aromatic rings. The molecule has 1 unspecified atom stereocenters. The predicted molar refractivity (Wildman–Crippen MR) is 106 cm³/mol. The minimum Gasteiger partial charge on any atom is -0.544 e. The van der Waals surface area contributed by atoms with Gasteiger partial charge < -0.3 is 24.1 Å². The molecule has 0 spiro atoms. The zero-order valence-electron chi connectivity index (χ0n) is 12.9. The number of carbonyl (C=O) groups is 2. The molecule has 0 fully saturated rings. The number of benzene rings is 1. The molecule has 0 saturated carbocycles. The summed E-state index contributed by atoms with van der Waals surface area (Å²) >= 11 is 5.96. The maximum atomic E-state index is 13.9. The van der Waals surface area contributed by atoms with Crippen LogP contribution in [0, 0.1) is 10.7 Å². The Hall–Kier alpha value is 0.130. The molecule has 0 radical (unpaired) electrons. The lowest BCUT2D eigenvalue weighted by Crippen LogP contribution is -2.60. The maximum absolute atomic E-state index is 13.9. The van der Waals surface area contributed by atoms with Crippen LogP contribution in [0.15, 0.2) is 12.1 Å². The van der Waals surface area contributed by atoms with E-state index in [4.69, 9.17) is 9.47 Å². The van der Waals surface area contributed by atoms with Gasteiger partial charge in [0.1, 0.15) is 19.4 Å². The molecule has 140 valence electrons. The van der Waals surface area contributed by atoms with Crippen LogP contribution in [0.1, 0.15) is 17.3 Å². The van der Waals surface area contributed by atoms with E-state index in [2.05, 4.69) is 4.74 Å². The number of rotatable bonds is 8. The van der Waals surface area contributed by atoms with Gasteiger partial charge in [0, 0.05) is 17.8 Å². The van der Waals surface area contributed by atoms with E-state index in [9.17, 15) is 23.5 Å². The van der Waals surface area contributed by atoms with E-state index in [0.29, 0.717) is 3.57 Å². The predicted octanol–water partition coefficient (Wildman–Crippen LogP) is 2.42. The van der Waals surface area contributed by atoms with Gasteiger partial charge in [-0.05, 0) is 86.8 Å². The van der Waals surface area contributed by atoms with Gasteiger partial charge in [-0.25, -0.2) is 4.79 Å². The summed E-state index contributed by atoms with van der Waals surface area (Å²) in [5, 5.41) is 10.8. The quantitative estimate of drug-likeness (QED) is 0.180. The Balaban J connectivity index is 3.04. The number of carbonyl (C=O) groups excluding carboxylic acids is 2. The van der Waals surface area contributed by atoms with Gasteiger partial charge in [-0.2, -0.15) is 8.78 Å². The number of esters is 1. The molecule has 1 rings (SSSR count). The van der Waals surface area contributed by atoms with Crippen LogP contribution < -0.4 is 5.11 Å². The first-order valence-electron chi connectivity index (χ1n) is 6.50. The van der Waals surface area contributed by atoms with Crippen LogP contribution in [0.3, 0.4) is 0 Å². The van der Waals surface area contributed by atoms with E-state index in [1.165, 1.54) is 13.2 Å². The van der Waals surface area contributed by atoms with E-state index >= 15 is 0 Å². The number of carboxylic acids is 1. The lowest BCUT2D eigenvalue weighted by molar-refractivity contribution is -0.350. The van der Waals surface area contributed by atoms with E-state index in [1.807, 2.05) is 73.8 Å². The average molecular weight is 695 g/mol. The van der Waals surface area contributed by atoms with E-state index in [-0.39, 0.29) is 5.56 Å². The Bertz CT molecular complexity index is 670. The number of carboxylic acid groups (broad SMARTS) is 1. The number of halogens is 5.